The number of carbonyl (C=O) groups excluding carboxylic acids is 2. The van der Waals surface area contributed by atoms with Crippen LogP contribution in [0.5, 0.6) is 11.5 Å². The molecule has 1 amide bonds. The van der Waals surface area contributed by atoms with E-state index in [-0.39, 0.29) is 18.3 Å². The summed E-state index contributed by atoms with van der Waals surface area (Å²) in [6, 6.07) is 8.30. The Kier molecular flexibility index (Phi) is 5.21. The number of ether oxygens (including phenoxy) is 3. The molecule has 26 heavy (non-hydrogen) atoms. The Morgan fingerprint density at radius 2 is 2.04 bits per heavy atom. The third-order valence-electron chi connectivity index (χ3n) is 3.91. The second kappa shape index (κ2) is 7.73. The molecular weight excluding hydrogens is 340 g/mol. The minimum atomic E-state index is -0.834. The van der Waals surface area contributed by atoms with Crippen molar-refractivity contribution in [2.45, 2.75) is 13.5 Å². The topological polar surface area (TPSA) is 97.9 Å². The number of rotatable bonds is 6. The number of nitrogens with one attached hydrogen (secondary N) is 1. The quantitative estimate of drug-likeness (QED) is 0.782. The Morgan fingerprint density at radius 1 is 1.23 bits per heavy atom. The average Bonchev–Trinajstić information content (AvgIpc) is 3.12. The number of esters is 1. The first-order valence-corrected chi connectivity index (χ1v) is 8.09. The van der Waals surface area contributed by atoms with E-state index in [1.54, 1.807) is 11.0 Å². The Morgan fingerprint density at radius 3 is 2.81 bits per heavy atom. The summed E-state index contributed by atoms with van der Waals surface area (Å²) in [5.41, 5.74) is 0.173. The molecule has 1 aliphatic heterocycles. The monoisotopic (exact) mass is 358 g/mol. The molecule has 1 aromatic heterocycles. The minimum Gasteiger partial charge on any atom is -0.454 e. The zero-order valence-electron chi connectivity index (χ0n) is 14.2. The summed E-state index contributed by atoms with van der Waals surface area (Å²) in [5.74, 6) is 0.121. The molecule has 0 radical (unpaired) electrons. The second-order valence-electron chi connectivity index (χ2n) is 5.58. The van der Waals surface area contributed by atoms with Crippen LogP contribution in [0.25, 0.3) is 0 Å². The van der Waals surface area contributed by atoms with Gasteiger partial charge in [0.15, 0.2) is 18.1 Å². The van der Waals surface area contributed by atoms with Crippen LogP contribution in [0.3, 0.4) is 0 Å². The van der Waals surface area contributed by atoms with Crippen molar-refractivity contribution in [3.8, 4) is 11.5 Å². The lowest BCUT2D eigenvalue weighted by atomic mass is 10.2. The van der Waals surface area contributed by atoms with Gasteiger partial charge in [0.05, 0.1) is 0 Å². The van der Waals surface area contributed by atoms with Gasteiger partial charge >= 0.3 is 5.97 Å². The molecule has 8 nitrogen and oxygen atoms in total. The van der Waals surface area contributed by atoms with Gasteiger partial charge in [0.25, 0.3) is 11.5 Å². The van der Waals surface area contributed by atoms with Crippen molar-refractivity contribution < 1.29 is 23.8 Å². The first-order valence-electron chi connectivity index (χ1n) is 8.09. The predicted molar refractivity (Wildman–Crippen MR) is 91.0 cm³/mol. The molecular formula is C18H18N2O6. The summed E-state index contributed by atoms with van der Waals surface area (Å²) < 4.78 is 15.6. The Bertz CT molecular complexity index is 876. The molecule has 8 heteroatoms. The van der Waals surface area contributed by atoms with E-state index in [0.29, 0.717) is 24.6 Å². The van der Waals surface area contributed by atoms with Gasteiger partial charge in [0.2, 0.25) is 6.79 Å². The third-order valence-corrected chi connectivity index (χ3v) is 3.91. The summed E-state index contributed by atoms with van der Waals surface area (Å²) in [4.78, 5) is 39.7. The van der Waals surface area contributed by atoms with E-state index in [1.165, 1.54) is 18.3 Å². The van der Waals surface area contributed by atoms with Gasteiger partial charge in [0.1, 0.15) is 5.56 Å². The smallest absolute Gasteiger partial charge is 0.344 e. The molecule has 0 saturated carbocycles. The van der Waals surface area contributed by atoms with Crippen molar-refractivity contribution in [3.63, 3.8) is 0 Å². The molecule has 1 N–H and O–H groups in total. The van der Waals surface area contributed by atoms with Gasteiger partial charge in [0, 0.05) is 19.3 Å². The number of aromatic amines is 1. The lowest BCUT2D eigenvalue weighted by Gasteiger charge is -2.21. The lowest BCUT2D eigenvalue weighted by Crippen LogP contribution is -2.34. The standard InChI is InChI=1S/C18H18N2O6/c1-2-20(9-12-5-6-14-15(8-12)26-11-25-14)16(21)10-24-18(23)13-4-3-7-19-17(13)22/h3-8H,2,9-11H2,1H3,(H,19,22). The van der Waals surface area contributed by atoms with Gasteiger partial charge in [-0.1, -0.05) is 6.07 Å². The average molecular weight is 358 g/mol. The van der Waals surface area contributed by atoms with Crippen molar-refractivity contribution in [1.29, 1.82) is 0 Å². The van der Waals surface area contributed by atoms with Crippen LogP contribution < -0.4 is 15.0 Å². The Balaban J connectivity index is 1.59. The van der Waals surface area contributed by atoms with E-state index in [2.05, 4.69) is 4.98 Å². The molecule has 3 rings (SSSR count). The fourth-order valence-electron chi connectivity index (χ4n) is 2.51. The number of H-pyrrole nitrogens is 1. The van der Waals surface area contributed by atoms with E-state index in [9.17, 15) is 14.4 Å². The number of hydrogen-bond donors (Lipinski definition) is 1. The number of carbonyl (C=O) groups is 2. The lowest BCUT2D eigenvalue weighted by molar-refractivity contribution is -0.134. The minimum absolute atomic E-state index is 0.140. The molecule has 0 fully saturated rings. The number of likely N-dealkylation sites (N-methyl/N-ethyl adjacent to an activating group) is 1. The number of aromatic nitrogens is 1. The van der Waals surface area contributed by atoms with Crippen LogP contribution in [-0.2, 0) is 16.1 Å². The molecule has 2 aromatic rings. The molecule has 0 aliphatic carbocycles. The third kappa shape index (κ3) is 3.85. The normalized spacial score (nSPS) is 11.9. The first-order chi connectivity index (χ1) is 12.6. The van der Waals surface area contributed by atoms with E-state index >= 15 is 0 Å². The molecule has 0 saturated heterocycles. The van der Waals surface area contributed by atoms with Crippen molar-refractivity contribution in [3.05, 3.63) is 58.0 Å². The second-order valence-corrected chi connectivity index (χ2v) is 5.58. The summed E-state index contributed by atoms with van der Waals surface area (Å²) in [7, 11) is 0. The maximum absolute atomic E-state index is 12.3. The highest BCUT2D eigenvalue weighted by molar-refractivity contribution is 5.90. The SMILES string of the molecule is CCN(Cc1ccc2c(c1)OCO2)C(=O)COC(=O)c1ccc[nH]c1=O. The maximum atomic E-state index is 12.3. The van der Waals surface area contributed by atoms with Crippen LogP contribution in [0.2, 0.25) is 0 Å². The zero-order chi connectivity index (χ0) is 18.5. The van der Waals surface area contributed by atoms with Gasteiger partial charge in [-0.05, 0) is 36.8 Å². The van der Waals surface area contributed by atoms with E-state index in [0.717, 1.165) is 5.56 Å². The van der Waals surface area contributed by atoms with E-state index in [1.807, 2.05) is 19.1 Å². The summed E-state index contributed by atoms with van der Waals surface area (Å²) in [6.07, 6.45) is 1.41. The molecule has 0 spiro atoms. The van der Waals surface area contributed by atoms with Gasteiger partial charge < -0.3 is 24.1 Å². The number of nitrogens with zero attached hydrogens (tertiary/aromatic N) is 1. The van der Waals surface area contributed by atoms with E-state index < -0.39 is 18.1 Å². The van der Waals surface area contributed by atoms with Crippen LogP contribution in [0.15, 0.2) is 41.3 Å². The number of amides is 1. The van der Waals surface area contributed by atoms with Crippen LogP contribution in [0.4, 0.5) is 0 Å². The van der Waals surface area contributed by atoms with Crippen molar-refractivity contribution in [1.82, 2.24) is 9.88 Å². The molecule has 136 valence electrons. The van der Waals surface area contributed by atoms with Gasteiger partial charge in [-0.3, -0.25) is 9.59 Å². The highest BCUT2D eigenvalue weighted by atomic mass is 16.7. The van der Waals surface area contributed by atoms with Gasteiger partial charge in [-0.2, -0.15) is 0 Å². The fourth-order valence-corrected chi connectivity index (χ4v) is 2.51. The van der Waals surface area contributed by atoms with Crippen molar-refractivity contribution in [2.24, 2.45) is 0 Å². The molecule has 0 bridgehead atoms. The largest absolute Gasteiger partial charge is 0.454 e. The summed E-state index contributed by atoms with van der Waals surface area (Å²) in [6.45, 7) is 2.36. The number of benzene rings is 1. The number of fused-ring (bicyclic) bond motifs is 1. The fraction of sp³-hybridized carbons (Fsp3) is 0.278. The van der Waals surface area contributed by atoms with Crippen LogP contribution >= 0.6 is 0 Å². The molecule has 2 heterocycles. The Hall–Kier alpha value is -3.29. The highest BCUT2D eigenvalue weighted by Gasteiger charge is 2.19. The first kappa shape index (κ1) is 17.5. The summed E-state index contributed by atoms with van der Waals surface area (Å²) >= 11 is 0. The number of hydrogen-bond acceptors (Lipinski definition) is 6. The molecule has 1 aromatic carbocycles. The molecule has 0 unspecified atom stereocenters. The Labute approximate surface area is 149 Å². The van der Waals surface area contributed by atoms with Crippen LogP contribution in [-0.4, -0.2) is 41.7 Å². The van der Waals surface area contributed by atoms with Crippen LogP contribution in [0.1, 0.15) is 22.8 Å². The zero-order valence-corrected chi connectivity index (χ0v) is 14.2. The van der Waals surface area contributed by atoms with Crippen molar-refractivity contribution in [2.75, 3.05) is 19.9 Å². The molecule has 1 aliphatic rings. The van der Waals surface area contributed by atoms with Crippen molar-refractivity contribution >= 4 is 11.9 Å². The number of pyridine rings is 1. The highest BCUT2D eigenvalue weighted by Crippen LogP contribution is 2.32. The summed E-state index contributed by atoms with van der Waals surface area (Å²) in [5, 5.41) is 0. The molecule has 0 atom stereocenters. The predicted octanol–water partition coefficient (Wildman–Crippen LogP) is 1.31. The van der Waals surface area contributed by atoms with Gasteiger partial charge in [-0.15, -0.1) is 0 Å². The van der Waals surface area contributed by atoms with Gasteiger partial charge in [-0.25, -0.2) is 4.79 Å². The maximum Gasteiger partial charge on any atom is 0.344 e. The van der Waals surface area contributed by atoms with E-state index in [4.69, 9.17) is 14.2 Å². The van der Waals surface area contributed by atoms with Crippen LogP contribution in [0, 0.1) is 0 Å².